The van der Waals surface area contributed by atoms with E-state index in [1.54, 1.807) is 0 Å². The quantitative estimate of drug-likeness (QED) is 0.0262. The lowest BCUT2D eigenvalue weighted by molar-refractivity contribution is -0.167. The summed E-state index contributed by atoms with van der Waals surface area (Å²) in [4.78, 5) is 38.0. The van der Waals surface area contributed by atoms with Crippen LogP contribution in [-0.4, -0.2) is 37.2 Å². The van der Waals surface area contributed by atoms with Crippen molar-refractivity contribution >= 4 is 17.9 Å². The van der Waals surface area contributed by atoms with Crippen LogP contribution in [0.5, 0.6) is 0 Å². The predicted octanol–water partition coefficient (Wildman–Crippen LogP) is 18.0. The van der Waals surface area contributed by atoms with Gasteiger partial charge in [-0.3, -0.25) is 14.4 Å². The van der Waals surface area contributed by atoms with Crippen molar-refractivity contribution in [2.45, 2.75) is 258 Å². The maximum absolute atomic E-state index is 12.8. The van der Waals surface area contributed by atoms with E-state index in [4.69, 9.17) is 14.2 Å². The average molecular weight is 905 g/mol. The fourth-order valence-electron chi connectivity index (χ4n) is 7.28. The number of rotatable bonds is 48. The molecule has 0 aromatic carbocycles. The zero-order valence-corrected chi connectivity index (χ0v) is 42.5. The molecule has 372 valence electrons. The van der Waals surface area contributed by atoms with E-state index in [1.807, 2.05) is 0 Å². The molecule has 0 radical (unpaired) electrons. The van der Waals surface area contributed by atoms with Crippen LogP contribution < -0.4 is 0 Å². The van der Waals surface area contributed by atoms with Crippen LogP contribution in [0.1, 0.15) is 252 Å². The first-order valence-corrected chi connectivity index (χ1v) is 27.1. The molecule has 0 unspecified atom stereocenters. The molecule has 65 heavy (non-hydrogen) atoms. The molecule has 0 aromatic rings. The Hall–Kier alpha value is -3.41. The molecule has 0 aliphatic carbocycles. The van der Waals surface area contributed by atoms with Gasteiger partial charge in [-0.1, -0.05) is 202 Å². The first kappa shape index (κ1) is 61.6. The van der Waals surface area contributed by atoms with E-state index in [-0.39, 0.29) is 31.1 Å². The maximum atomic E-state index is 12.8. The molecule has 0 spiro atoms. The lowest BCUT2D eigenvalue weighted by Gasteiger charge is -2.18. The molecule has 0 amide bonds. The Bertz CT molecular complexity index is 1270. The summed E-state index contributed by atoms with van der Waals surface area (Å²) in [6.45, 7) is 6.45. The van der Waals surface area contributed by atoms with Gasteiger partial charge in [-0.15, -0.1) is 0 Å². The Morgan fingerprint density at radius 1 is 0.323 bits per heavy atom. The summed E-state index contributed by atoms with van der Waals surface area (Å²) >= 11 is 0. The highest BCUT2D eigenvalue weighted by Crippen LogP contribution is 2.14. The number of hydrogen-bond acceptors (Lipinski definition) is 6. The molecule has 0 saturated carbocycles. The molecule has 0 aromatic heterocycles. The van der Waals surface area contributed by atoms with E-state index < -0.39 is 6.10 Å². The van der Waals surface area contributed by atoms with Crippen molar-refractivity contribution in [3.05, 3.63) is 85.1 Å². The van der Waals surface area contributed by atoms with Gasteiger partial charge in [0.05, 0.1) is 0 Å². The van der Waals surface area contributed by atoms with Gasteiger partial charge in [0.1, 0.15) is 13.2 Å². The topological polar surface area (TPSA) is 78.9 Å². The Labute approximate surface area is 401 Å². The molecule has 0 aliphatic heterocycles. The highest BCUT2D eigenvalue weighted by molar-refractivity contribution is 5.71. The van der Waals surface area contributed by atoms with Crippen molar-refractivity contribution in [2.75, 3.05) is 13.2 Å². The van der Waals surface area contributed by atoms with Crippen molar-refractivity contribution in [3.63, 3.8) is 0 Å². The lowest BCUT2D eigenvalue weighted by atomic mass is 10.1. The predicted molar refractivity (Wildman–Crippen MR) is 279 cm³/mol. The molecular formula is C59H100O6. The summed E-state index contributed by atoms with van der Waals surface area (Å²) < 4.78 is 16.8. The van der Waals surface area contributed by atoms with Crippen LogP contribution in [0.3, 0.4) is 0 Å². The Balaban J connectivity index is 4.47. The van der Waals surface area contributed by atoms with Crippen molar-refractivity contribution < 1.29 is 28.6 Å². The molecule has 0 heterocycles. The highest BCUT2D eigenvalue weighted by Gasteiger charge is 2.19. The van der Waals surface area contributed by atoms with Crippen LogP contribution in [0.4, 0.5) is 0 Å². The van der Waals surface area contributed by atoms with Crippen LogP contribution in [0, 0.1) is 0 Å². The largest absolute Gasteiger partial charge is 0.462 e. The first-order valence-electron chi connectivity index (χ1n) is 27.1. The second-order valence-electron chi connectivity index (χ2n) is 17.7. The number of carbonyl (C=O) groups is 3. The van der Waals surface area contributed by atoms with E-state index in [0.29, 0.717) is 19.3 Å². The molecule has 1 atom stereocenters. The number of unbranched alkanes of at least 4 members (excludes halogenated alkanes) is 23. The second kappa shape index (κ2) is 53.2. The van der Waals surface area contributed by atoms with Crippen LogP contribution in [0.2, 0.25) is 0 Å². The van der Waals surface area contributed by atoms with E-state index in [1.165, 1.54) is 103 Å². The average Bonchev–Trinajstić information content (AvgIpc) is 3.30. The Morgan fingerprint density at radius 2 is 0.600 bits per heavy atom. The normalized spacial score (nSPS) is 12.7. The third-order valence-corrected chi connectivity index (χ3v) is 11.4. The number of hydrogen-bond donors (Lipinski definition) is 0. The summed E-state index contributed by atoms with van der Waals surface area (Å²) in [6, 6.07) is 0. The highest BCUT2D eigenvalue weighted by atomic mass is 16.6. The van der Waals surface area contributed by atoms with Crippen molar-refractivity contribution in [2.24, 2.45) is 0 Å². The number of carbonyl (C=O) groups excluding carboxylic acids is 3. The third kappa shape index (κ3) is 51.4. The second-order valence-corrected chi connectivity index (χ2v) is 17.7. The van der Waals surface area contributed by atoms with Crippen molar-refractivity contribution in [3.8, 4) is 0 Å². The minimum absolute atomic E-state index is 0.0980. The fourth-order valence-corrected chi connectivity index (χ4v) is 7.28. The molecule has 0 fully saturated rings. The number of allylic oxidation sites excluding steroid dienone is 14. The molecule has 0 bridgehead atoms. The van der Waals surface area contributed by atoms with Crippen LogP contribution in [-0.2, 0) is 28.6 Å². The van der Waals surface area contributed by atoms with E-state index in [0.717, 1.165) is 109 Å². The summed E-state index contributed by atoms with van der Waals surface area (Å²) in [5.41, 5.74) is 0. The standard InChI is InChI=1S/C59H100O6/c1-4-7-10-13-16-19-22-25-28-29-32-34-37-40-43-46-49-52-58(61)64-55-56(65-59(62)53-50-47-44-41-38-35-31-27-24-21-18-15-12-9-6-3)54-63-57(60)51-48-45-42-39-36-33-30-26-23-20-17-14-11-8-5-2/h8,11,17-18,20-21,25-28,30-31,36,39,56H,4-7,9-10,12-16,19,22-24,29,32-35,37-38,40-55H2,1-3H3/b11-8-,20-17-,21-18-,28-25-,30-26-,31-27-,39-36-/t56-/m1/s1. The summed E-state index contributed by atoms with van der Waals surface area (Å²) in [7, 11) is 0. The molecule has 0 saturated heterocycles. The van der Waals surface area contributed by atoms with Crippen LogP contribution in [0.15, 0.2) is 85.1 Å². The summed E-state index contributed by atoms with van der Waals surface area (Å²) in [5, 5.41) is 0. The molecule has 0 rings (SSSR count). The Morgan fingerprint density at radius 3 is 1.02 bits per heavy atom. The SMILES string of the molecule is CC/C=C\C/C=C\C/C=C\C/C=C\CCCCC(=O)OC[C@H](COC(=O)CCCCCCCCC/C=C\CCCCCCCC)OC(=O)CCCCCCC/C=C\C/C=C\CCCCC. The Kier molecular flexibility index (Phi) is 50.4. The number of esters is 3. The molecular weight excluding hydrogens is 805 g/mol. The van der Waals surface area contributed by atoms with Gasteiger partial charge in [-0.25, -0.2) is 0 Å². The summed E-state index contributed by atoms with van der Waals surface area (Å²) in [5.74, 6) is -0.958. The zero-order valence-electron chi connectivity index (χ0n) is 42.5. The van der Waals surface area contributed by atoms with E-state index >= 15 is 0 Å². The molecule has 0 N–H and O–H groups in total. The maximum Gasteiger partial charge on any atom is 0.306 e. The van der Waals surface area contributed by atoms with Crippen LogP contribution in [0.25, 0.3) is 0 Å². The minimum atomic E-state index is -0.803. The monoisotopic (exact) mass is 905 g/mol. The van der Waals surface area contributed by atoms with Gasteiger partial charge in [0.2, 0.25) is 0 Å². The first-order chi connectivity index (χ1) is 32.0. The van der Waals surface area contributed by atoms with Crippen LogP contribution >= 0.6 is 0 Å². The van der Waals surface area contributed by atoms with Crippen molar-refractivity contribution in [1.29, 1.82) is 0 Å². The van der Waals surface area contributed by atoms with Gasteiger partial charge in [0.25, 0.3) is 0 Å². The lowest BCUT2D eigenvalue weighted by Crippen LogP contribution is -2.30. The van der Waals surface area contributed by atoms with Gasteiger partial charge < -0.3 is 14.2 Å². The van der Waals surface area contributed by atoms with Gasteiger partial charge >= 0.3 is 17.9 Å². The molecule has 6 nitrogen and oxygen atoms in total. The van der Waals surface area contributed by atoms with Gasteiger partial charge in [0, 0.05) is 19.3 Å². The minimum Gasteiger partial charge on any atom is -0.462 e. The zero-order chi connectivity index (χ0) is 47.2. The molecule has 6 heteroatoms. The van der Waals surface area contributed by atoms with Gasteiger partial charge in [0.15, 0.2) is 6.10 Å². The van der Waals surface area contributed by atoms with E-state index in [9.17, 15) is 14.4 Å². The third-order valence-electron chi connectivity index (χ3n) is 11.4. The number of ether oxygens (including phenoxy) is 3. The van der Waals surface area contributed by atoms with E-state index in [2.05, 4.69) is 106 Å². The fraction of sp³-hybridized carbons (Fsp3) is 0.712. The smallest absolute Gasteiger partial charge is 0.306 e. The van der Waals surface area contributed by atoms with Gasteiger partial charge in [-0.05, 0) is 116 Å². The summed E-state index contributed by atoms with van der Waals surface area (Å²) in [6.07, 6.45) is 68.5. The van der Waals surface area contributed by atoms with Crippen molar-refractivity contribution in [1.82, 2.24) is 0 Å². The molecule has 0 aliphatic rings. The van der Waals surface area contributed by atoms with Gasteiger partial charge in [-0.2, -0.15) is 0 Å².